The van der Waals surface area contributed by atoms with Crippen LogP contribution in [0.5, 0.6) is 0 Å². The van der Waals surface area contributed by atoms with Crippen molar-refractivity contribution in [2.45, 2.75) is 44.6 Å². The first-order chi connectivity index (χ1) is 12.6. The van der Waals surface area contributed by atoms with Crippen molar-refractivity contribution in [2.24, 2.45) is 0 Å². The monoisotopic (exact) mass is 460 g/mol. The lowest BCUT2D eigenvalue weighted by Crippen LogP contribution is -2.46. The molecular formula is C14H21B2IN4O4. The molecule has 0 radical (unpaired) electrons. The second-order valence-corrected chi connectivity index (χ2v) is 7.12. The molecule has 0 aliphatic carbocycles. The Balaban J connectivity index is 2.01. The van der Waals surface area contributed by atoms with Crippen molar-refractivity contribution >= 4 is 54.3 Å². The number of halogens is 1. The minimum Gasteiger partial charge on any atom is -0.437 e. The van der Waals surface area contributed by atoms with E-state index in [2.05, 4.69) is 32.6 Å². The summed E-state index contributed by atoms with van der Waals surface area (Å²) >= 11 is 2.13. The highest BCUT2D eigenvalue weighted by atomic mass is 127. The van der Waals surface area contributed by atoms with E-state index in [0.717, 1.165) is 3.57 Å². The van der Waals surface area contributed by atoms with Crippen LogP contribution in [0, 0.1) is 3.57 Å². The molecule has 3 rings (SSSR count). The van der Waals surface area contributed by atoms with E-state index in [4.69, 9.17) is 22.5 Å². The molecular weight excluding hydrogens is 437 g/mol. The van der Waals surface area contributed by atoms with Gasteiger partial charge in [0.05, 0.1) is 12.0 Å². The fourth-order valence-corrected chi connectivity index (χ4v) is 3.99. The zero-order valence-electron chi connectivity index (χ0n) is 16.2. The van der Waals surface area contributed by atoms with E-state index in [1.807, 2.05) is 0 Å². The molecule has 1 aliphatic heterocycles. The smallest absolute Gasteiger partial charge is 0.272 e. The van der Waals surface area contributed by atoms with Crippen LogP contribution in [0.2, 0.25) is 13.6 Å². The number of fused-ring (bicyclic) bond motifs is 1. The number of hydrogen-bond donors (Lipinski definition) is 2. The van der Waals surface area contributed by atoms with Gasteiger partial charge in [-0.05, 0) is 29.5 Å². The first kappa shape index (κ1) is 16.3. The number of hydrogen-bond acceptors (Lipinski definition) is 7. The van der Waals surface area contributed by atoms with Gasteiger partial charge in [0.25, 0.3) is 14.9 Å². The average Bonchev–Trinajstić information content (AvgIpc) is 3.01. The minimum atomic E-state index is -1.47. The van der Waals surface area contributed by atoms with Crippen molar-refractivity contribution in [1.29, 1.82) is 2.67 Å². The number of aromatic nitrogens is 3. The summed E-state index contributed by atoms with van der Waals surface area (Å²) in [6, 6.07) is 0. The molecule has 8 nitrogen and oxygen atoms in total. The van der Waals surface area contributed by atoms with Gasteiger partial charge in [0, 0.05) is 12.4 Å². The molecule has 0 aromatic carbocycles. The molecule has 4 atom stereocenters. The fourth-order valence-electron chi connectivity index (χ4n) is 3.17. The van der Waals surface area contributed by atoms with Crippen molar-refractivity contribution in [3.63, 3.8) is 0 Å². The Labute approximate surface area is 163 Å². The Morgan fingerprint density at radius 1 is 1.52 bits per heavy atom. The first-order valence-corrected chi connectivity index (χ1v) is 8.96. The maximum absolute atomic E-state index is 11.3. The van der Waals surface area contributed by atoms with Crippen molar-refractivity contribution in [3.05, 3.63) is 16.1 Å². The Morgan fingerprint density at radius 2 is 2.28 bits per heavy atom. The van der Waals surface area contributed by atoms with E-state index < -0.39 is 38.9 Å². The van der Waals surface area contributed by atoms with Gasteiger partial charge in [0.2, 0.25) is 0 Å². The topological polar surface area (TPSA) is 105 Å². The predicted molar refractivity (Wildman–Crippen MR) is 106 cm³/mol. The number of nitrogens with two attached hydrogens (primary N) is 1. The zero-order chi connectivity index (χ0) is 19.9. The summed E-state index contributed by atoms with van der Waals surface area (Å²) in [5.74, 6) is 0.344. The van der Waals surface area contributed by atoms with Crippen LogP contribution in [0.15, 0.2) is 12.5 Å². The quantitative estimate of drug-likeness (QED) is 0.478. The van der Waals surface area contributed by atoms with E-state index in [1.165, 1.54) is 6.33 Å². The van der Waals surface area contributed by atoms with E-state index in [-0.39, 0.29) is 6.61 Å². The van der Waals surface area contributed by atoms with Gasteiger partial charge in [-0.25, -0.2) is 9.97 Å². The molecule has 3 heterocycles. The molecule has 0 amide bonds. The highest BCUT2D eigenvalue weighted by molar-refractivity contribution is 14.1. The third-order valence-corrected chi connectivity index (χ3v) is 5.09. The molecule has 0 saturated carbocycles. The van der Waals surface area contributed by atoms with Gasteiger partial charge in [-0.15, -0.1) is 0 Å². The second kappa shape index (κ2) is 7.39. The van der Waals surface area contributed by atoms with Gasteiger partial charge < -0.3 is 29.5 Å². The van der Waals surface area contributed by atoms with E-state index in [1.54, 1.807) is 31.3 Å². The SMILES string of the molecule is [2H]B(C)OC[C@H]1OC(n2cc(I)c3c(N)ncnc32)[C@](C)(O)[C@@H]1OB([2H])C. The van der Waals surface area contributed by atoms with Crippen LogP contribution in [0.3, 0.4) is 0 Å². The summed E-state index contributed by atoms with van der Waals surface area (Å²) in [6.07, 6.45) is 0.836. The Bertz CT molecular complexity index is 826. The molecule has 25 heavy (non-hydrogen) atoms. The zero-order valence-corrected chi connectivity index (χ0v) is 16.4. The molecule has 0 bridgehead atoms. The lowest BCUT2D eigenvalue weighted by atomic mass is 9.93. The molecule has 11 heteroatoms. The molecule has 1 aliphatic rings. The van der Waals surface area contributed by atoms with Crippen LogP contribution in [0.4, 0.5) is 5.82 Å². The van der Waals surface area contributed by atoms with Gasteiger partial charge >= 0.3 is 0 Å². The van der Waals surface area contributed by atoms with Gasteiger partial charge in [-0.3, -0.25) is 0 Å². The summed E-state index contributed by atoms with van der Waals surface area (Å²) in [5.41, 5.74) is 5.04. The van der Waals surface area contributed by atoms with Gasteiger partial charge in [0.1, 0.15) is 35.6 Å². The number of nitrogen functional groups attached to an aromatic ring is 1. The van der Waals surface area contributed by atoms with Gasteiger partial charge in [-0.1, -0.05) is 13.6 Å². The maximum Gasteiger partial charge on any atom is 0.272 e. The average molecular weight is 460 g/mol. The van der Waals surface area contributed by atoms with Crippen LogP contribution in [0.25, 0.3) is 11.0 Å². The van der Waals surface area contributed by atoms with Crippen LogP contribution in [0.1, 0.15) is 13.2 Å². The van der Waals surface area contributed by atoms with Crippen LogP contribution < -0.4 is 5.73 Å². The summed E-state index contributed by atoms with van der Waals surface area (Å²) < 4.78 is 34.9. The summed E-state index contributed by atoms with van der Waals surface area (Å²) in [6.45, 7) is 4.81. The van der Waals surface area contributed by atoms with E-state index >= 15 is 0 Å². The third kappa shape index (κ3) is 3.27. The first-order valence-electron chi connectivity index (χ1n) is 9.04. The predicted octanol–water partition coefficient (Wildman–Crippen LogP) is 0.467. The van der Waals surface area contributed by atoms with Crippen molar-refractivity contribution in [2.75, 3.05) is 12.3 Å². The third-order valence-electron chi connectivity index (χ3n) is 4.27. The van der Waals surface area contributed by atoms with Crippen LogP contribution >= 0.6 is 22.6 Å². The van der Waals surface area contributed by atoms with Gasteiger partial charge in [-0.2, -0.15) is 0 Å². The standard InChI is InChI=1S/C14H21B2IN4O4/c1-14(22)10(25-16-3)8(5-23-15-2)24-13(14)21-4-7(17)9-11(18)19-6-20-12(9)21/h4,6,8,10,13,15-16,22H,5H2,1-3H3,(H2,18,19,20)/t8-,10-,13?,14-/m1/s1/i15D,16D. The van der Waals surface area contributed by atoms with Crippen LogP contribution in [-0.4, -0.2) is 61.6 Å². The molecule has 1 fully saturated rings. The molecule has 3 N–H and O–H groups in total. The lowest BCUT2D eigenvalue weighted by molar-refractivity contribution is -0.0916. The van der Waals surface area contributed by atoms with Crippen molar-refractivity contribution < 1.29 is 19.2 Å². The number of ether oxygens (including phenoxy) is 1. The van der Waals surface area contributed by atoms with Crippen molar-refractivity contribution in [3.8, 4) is 0 Å². The largest absolute Gasteiger partial charge is 0.437 e. The highest BCUT2D eigenvalue weighted by Crippen LogP contribution is 2.42. The normalized spacial score (nSPS) is 30.4. The Hall–Kier alpha value is -0.880. The molecule has 134 valence electrons. The number of aliphatic hydroxyl groups is 1. The molecule has 2 aromatic heterocycles. The second-order valence-electron chi connectivity index (χ2n) is 5.96. The lowest BCUT2D eigenvalue weighted by Gasteiger charge is -2.30. The number of rotatable bonds is 6. The number of anilines is 1. The Kier molecular flexibility index (Phi) is 4.82. The van der Waals surface area contributed by atoms with Gasteiger partial charge in [0.15, 0.2) is 6.23 Å². The molecule has 0 spiro atoms. The highest BCUT2D eigenvalue weighted by Gasteiger charge is 2.54. The number of nitrogens with zero attached hydrogens (tertiary/aromatic N) is 3. The molecule has 1 unspecified atom stereocenters. The minimum absolute atomic E-state index is 0.0577. The summed E-state index contributed by atoms with van der Waals surface area (Å²) in [5, 5.41) is 11.9. The summed E-state index contributed by atoms with van der Waals surface area (Å²) in [4.78, 5) is 8.31. The van der Waals surface area contributed by atoms with E-state index in [0.29, 0.717) is 16.9 Å². The van der Waals surface area contributed by atoms with Crippen molar-refractivity contribution in [1.82, 2.24) is 14.5 Å². The Morgan fingerprint density at radius 3 is 2.96 bits per heavy atom. The fraction of sp³-hybridized carbons (Fsp3) is 0.571. The molecule has 1 saturated heterocycles. The van der Waals surface area contributed by atoms with Crippen LogP contribution in [-0.2, 0) is 14.0 Å². The van der Waals surface area contributed by atoms with E-state index in [9.17, 15) is 5.11 Å². The maximum atomic E-state index is 11.3. The molecule has 2 aromatic rings. The summed E-state index contributed by atoms with van der Waals surface area (Å²) in [7, 11) is -1.60.